The topological polar surface area (TPSA) is 182 Å². The fourth-order valence-electron chi connectivity index (χ4n) is 6.33. The Balaban J connectivity index is 1.26. The molecule has 4 N–H and O–H groups in total. The van der Waals surface area contributed by atoms with Gasteiger partial charge in [0, 0.05) is 42.4 Å². The zero-order valence-electron chi connectivity index (χ0n) is 31.2. The summed E-state index contributed by atoms with van der Waals surface area (Å²) in [4.78, 5) is 48.4. The van der Waals surface area contributed by atoms with E-state index in [2.05, 4.69) is 35.8 Å². The molecule has 1 fully saturated rings. The van der Waals surface area contributed by atoms with E-state index in [-0.39, 0.29) is 24.2 Å². The Labute approximate surface area is 310 Å². The van der Waals surface area contributed by atoms with Crippen molar-refractivity contribution in [2.45, 2.75) is 70.9 Å². The molecule has 0 saturated heterocycles. The van der Waals surface area contributed by atoms with Gasteiger partial charge in [-0.25, -0.2) is 19.8 Å². The number of nitrogens with zero attached hydrogens (tertiary/aromatic N) is 6. The van der Waals surface area contributed by atoms with Gasteiger partial charge >= 0.3 is 6.09 Å². The van der Waals surface area contributed by atoms with Crippen molar-refractivity contribution in [3.8, 4) is 28.4 Å². The van der Waals surface area contributed by atoms with Crippen molar-refractivity contribution >= 4 is 23.6 Å². The van der Waals surface area contributed by atoms with Crippen LogP contribution in [0.1, 0.15) is 58.4 Å². The number of hydrogen-bond acceptors (Lipinski definition) is 11. The van der Waals surface area contributed by atoms with Gasteiger partial charge in [0.1, 0.15) is 5.60 Å². The molecule has 4 aromatic rings. The molecule has 0 spiro atoms. The number of rotatable bonds is 14. The summed E-state index contributed by atoms with van der Waals surface area (Å²) in [7, 11) is 4.06. The van der Waals surface area contributed by atoms with Crippen LogP contribution in [-0.2, 0) is 20.7 Å². The molecule has 1 saturated carbocycles. The van der Waals surface area contributed by atoms with Gasteiger partial charge in [-0.3, -0.25) is 9.59 Å². The fourth-order valence-corrected chi connectivity index (χ4v) is 6.33. The van der Waals surface area contributed by atoms with Crippen molar-refractivity contribution in [3.63, 3.8) is 0 Å². The number of benzene rings is 2. The van der Waals surface area contributed by atoms with E-state index in [1.54, 1.807) is 30.5 Å². The molecule has 0 aliphatic heterocycles. The highest BCUT2D eigenvalue weighted by Crippen LogP contribution is 2.32. The molecular weight excluding hydrogens is 674 g/mol. The zero-order valence-corrected chi connectivity index (χ0v) is 31.2. The number of H-pyrrole nitrogens is 1. The highest BCUT2D eigenvalue weighted by molar-refractivity contribution is 6.17. The zero-order chi connectivity index (χ0) is 38.0. The van der Waals surface area contributed by atoms with Crippen molar-refractivity contribution in [2.75, 3.05) is 38.7 Å². The van der Waals surface area contributed by atoms with Gasteiger partial charge in [0.2, 0.25) is 11.8 Å². The minimum Gasteiger partial charge on any atom is -0.478 e. The predicted octanol–water partition coefficient (Wildman–Crippen LogP) is 5.02. The molecule has 2 heterocycles. The first-order valence-corrected chi connectivity index (χ1v) is 18.1. The van der Waals surface area contributed by atoms with Crippen molar-refractivity contribution < 1.29 is 23.9 Å². The molecule has 282 valence electrons. The van der Waals surface area contributed by atoms with Crippen molar-refractivity contribution in [1.82, 2.24) is 35.8 Å². The third-order valence-corrected chi connectivity index (χ3v) is 9.08. The van der Waals surface area contributed by atoms with E-state index in [1.807, 2.05) is 71.3 Å². The average molecular weight is 726 g/mol. The highest BCUT2D eigenvalue weighted by atomic mass is 16.6. The Kier molecular flexibility index (Phi) is 13.3. The van der Waals surface area contributed by atoms with Crippen LogP contribution in [0.25, 0.3) is 22.5 Å². The molecule has 5 rings (SSSR count). The second-order valence-electron chi connectivity index (χ2n) is 14.8. The lowest BCUT2D eigenvalue weighted by Gasteiger charge is -2.32. The molecule has 1 aliphatic carbocycles. The molecule has 1 atom stereocenters. The molecule has 1 aliphatic rings. The van der Waals surface area contributed by atoms with Crippen LogP contribution in [0, 0.1) is 11.8 Å². The number of aromatic nitrogens is 5. The number of imide groups is 1. The van der Waals surface area contributed by atoms with Crippen LogP contribution in [0.15, 0.2) is 66.9 Å². The quantitative estimate of drug-likeness (QED) is 0.149. The lowest BCUT2D eigenvalue weighted by Crippen LogP contribution is -2.50. The normalized spacial score (nSPS) is 16.5. The number of nitrogens with two attached hydrogens (primary N) is 1. The maximum absolute atomic E-state index is 14.2. The largest absolute Gasteiger partial charge is 0.478 e. The maximum Gasteiger partial charge on any atom is 0.407 e. The fraction of sp³-hybridized carbons (Fsp3) is 0.462. The van der Waals surface area contributed by atoms with E-state index < -0.39 is 23.6 Å². The second kappa shape index (κ2) is 18.0. The van der Waals surface area contributed by atoms with Crippen LogP contribution in [0.2, 0.25) is 0 Å². The summed E-state index contributed by atoms with van der Waals surface area (Å²) < 4.78 is 11.1. The summed E-state index contributed by atoms with van der Waals surface area (Å²) in [6, 6.07) is 17.6. The summed E-state index contributed by atoms with van der Waals surface area (Å²) in [5, 5.41) is 16.8. The van der Waals surface area contributed by atoms with E-state index in [0.29, 0.717) is 48.9 Å². The monoisotopic (exact) mass is 725 g/mol. The minimum absolute atomic E-state index is 0.201. The standard InChI is InChI=1S/C39H51N9O5/c1-39(2,3)53-38(51)42-24-26-10-12-29(13-11-26)36(49)48(32-17-14-28(15-18-32)35-43-45-46-44-35)37(50)33(40)23-27-8-6-9-30(22-27)31-16-19-34(41-25-31)52-21-7-20-47(4)5/h6,8-9,14-19,22,25-26,29,33H,7,10-13,20-21,23-24,40H2,1-5H3,(H,42,51)(H,43,44,45,46)/t26-,29-,33-/m0/s1. The van der Waals surface area contributed by atoms with Crippen LogP contribution in [0.4, 0.5) is 10.5 Å². The number of amides is 3. The molecule has 14 heteroatoms. The molecule has 14 nitrogen and oxygen atoms in total. The lowest BCUT2D eigenvalue weighted by atomic mass is 9.81. The molecule has 3 amide bonds. The van der Waals surface area contributed by atoms with Gasteiger partial charge in [-0.15, -0.1) is 5.10 Å². The Morgan fingerprint density at radius 2 is 1.72 bits per heavy atom. The SMILES string of the molecule is CN(C)CCCOc1ccc(-c2cccc(C[C@H](N)C(=O)N(c3ccc(-c4nnn[nH]4)cc3)C(=O)[C@H]3CC[C@H](CNC(=O)OC(C)(C)C)CC3)c2)cn1. The number of tetrazole rings is 1. The minimum atomic E-state index is -0.988. The first-order valence-electron chi connectivity index (χ1n) is 18.1. The number of anilines is 1. The van der Waals surface area contributed by atoms with Crippen molar-refractivity contribution in [1.29, 1.82) is 0 Å². The number of alkyl carbamates (subject to hydrolysis) is 1. The van der Waals surface area contributed by atoms with E-state index in [1.165, 1.54) is 4.90 Å². The smallest absolute Gasteiger partial charge is 0.407 e. The van der Waals surface area contributed by atoms with Crippen LogP contribution in [-0.4, -0.2) is 93.9 Å². The third kappa shape index (κ3) is 11.4. The Bertz CT molecular complexity index is 1780. The van der Waals surface area contributed by atoms with Crippen molar-refractivity contribution in [3.05, 3.63) is 72.4 Å². The summed E-state index contributed by atoms with van der Waals surface area (Å²) in [5.74, 6) is 0.0815. The van der Waals surface area contributed by atoms with E-state index in [9.17, 15) is 14.4 Å². The van der Waals surface area contributed by atoms with E-state index >= 15 is 0 Å². The molecule has 2 aromatic carbocycles. The first-order chi connectivity index (χ1) is 25.4. The first kappa shape index (κ1) is 39.0. The highest BCUT2D eigenvalue weighted by Gasteiger charge is 2.35. The van der Waals surface area contributed by atoms with Crippen molar-refractivity contribution in [2.24, 2.45) is 17.6 Å². The molecule has 53 heavy (non-hydrogen) atoms. The Morgan fingerprint density at radius 1 is 0.981 bits per heavy atom. The number of ether oxygens (including phenoxy) is 2. The van der Waals surface area contributed by atoms with Gasteiger partial charge in [0.15, 0.2) is 5.82 Å². The van der Waals surface area contributed by atoms with Gasteiger partial charge in [0.05, 0.1) is 18.3 Å². The van der Waals surface area contributed by atoms with Crippen LogP contribution in [0.3, 0.4) is 0 Å². The average Bonchev–Trinajstić information content (AvgIpc) is 3.68. The van der Waals surface area contributed by atoms with Crippen LogP contribution in [0.5, 0.6) is 5.88 Å². The van der Waals surface area contributed by atoms with E-state index in [0.717, 1.165) is 42.5 Å². The maximum atomic E-state index is 14.2. The number of carbonyl (C=O) groups is 3. The van der Waals surface area contributed by atoms with Gasteiger partial charge < -0.3 is 25.4 Å². The van der Waals surface area contributed by atoms with Gasteiger partial charge in [0.25, 0.3) is 5.91 Å². The molecular formula is C39H51N9O5. The van der Waals surface area contributed by atoms with Crippen LogP contribution >= 0.6 is 0 Å². The Morgan fingerprint density at radius 3 is 2.36 bits per heavy atom. The second-order valence-corrected chi connectivity index (χ2v) is 14.8. The molecule has 0 unspecified atom stereocenters. The summed E-state index contributed by atoms with van der Waals surface area (Å²) >= 11 is 0. The molecule has 0 bridgehead atoms. The van der Waals surface area contributed by atoms with Crippen LogP contribution < -0.4 is 20.7 Å². The van der Waals surface area contributed by atoms with Gasteiger partial charge in [-0.05, 0) is 131 Å². The predicted molar refractivity (Wildman–Crippen MR) is 202 cm³/mol. The van der Waals surface area contributed by atoms with E-state index in [4.69, 9.17) is 15.2 Å². The summed E-state index contributed by atoms with van der Waals surface area (Å²) in [6.07, 6.45) is 5.05. The number of hydrogen-bond donors (Lipinski definition) is 3. The Hall–Kier alpha value is -5.21. The molecule has 2 aromatic heterocycles. The number of nitrogens with one attached hydrogen (secondary N) is 2. The summed E-state index contributed by atoms with van der Waals surface area (Å²) in [6.45, 7) is 7.45. The number of pyridine rings is 1. The number of aromatic amines is 1. The van der Waals surface area contributed by atoms with Gasteiger partial charge in [-0.2, -0.15) is 0 Å². The third-order valence-electron chi connectivity index (χ3n) is 9.08. The number of carbonyl (C=O) groups excluding carboxylic acids is 3. The lowest BCUT2D eigenvalue weighted by molar-refractivity contribution is -0.130. The summed E-state index contributed by atoms with van der Waals surface area (Å²) in [5.41, 5.74) is 9.85. The molecule has 0 radical (unpaired) electrons. The van der Waals surface area contributed by atoms with Gasteiger partial charge in [-0.1, -0.05) is 24.3 Å².